The third kappa shape index (κ3) is 3.35. The van der Waals surface area contributed by atoms with Gasteiger partial charge in [0, 0.05) is 24.7 Å². The van der Waals surface area contributed by atoms with Crippen LogP contribution in [0.5, 0.6) is 0 Å². The molecular weight excluding hydrogens is 324 g/mol. The predicted molar refractivity (Wildman–Crippen MR) is 81.7 cm³/mol. The van der Waals surface area contributed by atoms with Crippen LogP contribution in [0.4, 0.5) is 5.69 Å². The lowest BCUT2D eigenvalue weighted by Gasteiger charge is -2.30. The normalized spacial score (nSPS) is 19.5. The fourth-order valence-electron chi connectivity index (χ4n) is 2.75. The van der Waals surface area contributed by atoms with Crippen LogP contribution >= 0.6 is 0 Å². The van der Waals surface area contributed by atoms with E-state index in [1.165, 1.54) is 26.0 Å². The number of hydrogen-bond donors (Lipinski definition) is 1. The van der Waals surface area contributed by atoms with Crippen molar-refractivity contribution in [1.82, 2.24) is 4.31 Å². The van der Waals surface area contributed by atoms with Crippen LogP contribution < -0.4 is 0 Å². The van der Waals surface area contributed by atoms with Gasteiger partial charge in [-0.3, -0.25) is 14.9 Å². The Kier molecular flexibility index (Phi) is 4.71. The van der Waals surface area contributed by atoms with E-state index in [9.17, 15) is 23.3 Å². The Hall–Kier alpha value is -2.00. The molecule has 1 saturated heterocycles. The molecule has 1 aliphatic heterocycles. The SMILES string of the molecule is Cc1cc(S(=O)(=O)N2CCCC(C(=O)O)C2)c(C)cc1[N+](=O)[O-]. The summed E-state index contributed by atoms with van der Waals surface area (Å²) in [7, 11) is -3.88. The van der Waals surface area contributed by atoms with Crippen molar-refractivity contribution >= 4 is 21.7 Å². The maximum atomic E-state index is 12.8. The highest BCUT2D eigenvalue weighted by atomic mass is 32.2. The summed E-state index contributed by atoms with van der Waals surface area (Å²) in [6, 6.07) is 2.52. The molecule has 23 heavy (non-hydrogen) atoms. The largest absolute Gasteiger partial charge is 0.481 e. The number of sulfonamides is 1. The van der Waals surface area contributed by atoms with E-state index >= 15 is 0 Å². The number of piperidine rings is 1. The molecule has 9 heteroatoms. The highest BCUT2D eigenvalue weighted by molar-refractivity contribution is 7.89. The number of carbonyl (C=O) groups is 1. The Morgan fingerprint density at radius 1 is 1.35 bits per heavy atom. The number of nitro groups is 1. The number of nitro benzene ring substituents is 1. The van der Waals surface area contributed by atoms with Gasteiger partial charge in [-0.15, -0.1) is 0 Å². The topological polar surface area (TPSA) is 118 Å². The quantitative estimate of drug-likeness (QED) is 0.657. The second kappa shape index (κ2) is 6.25. The molecule has 1 atom stereocenters. The second-order valence-corrected chi connectivity index (χ2v) is 7.61. The summed E-state index contributed by atoms with van der Waals surface area (Å²) >= 11 is 0. The monoisotopic (exact) mass is 342 g/mol. The number of aryl methyl sites for hydroxylation is 2. The molecule has 2 rings (SSSR count). The van der Waals surface area contributed by atoms with E-state index in [1.807, 2.05) is 0 Å². The summed E-state index contributed by atoms with van der Waals surface area (Å²) in [6.07, 6.45) is 0.917. The average Bonchev–Trinajstić information content (AvgIpc) is 2.48. The summed E-state index contributed by atoms with van der Waals surface area (Å²) in [4.78, 5) is 21.5. The van der Waals surface area contributed by atoms with Crippen LogP contribution in [0.25, 0.3) is 0 Å². The Morgan fingerprint density at radius 2 is 2.00 bits per heavy atom. The van der Waals surface area contributed by atoms with Crippen LogP contribution in [0.3, 0.4) is 0 Å². The smallest absolute Gasteiger partial charge is 0.307 e. The van der Waals surface area contributed by atoms with Gasteiger partial charge in [0.25, 0.3) is 5.69 Å². The molecule has 1 N–H and O–H groups in total. The molecule has 1 unspecified atom stereocenters. The van der Waals surface area contributed by atoms with Gasteiger partial charge in [-0.05, 0) is 38.3 Å². The first-order valence-corrected chi connectivity index (χ1v) is 8.57. The van der Waals surface area contributed by atoms with Gasteiger partial charge in [0.05, 0.1) is 15.7 Å². The van der Waals surface area contributed by atoms with Gasteiger partial charge in [0.2, 0.25) is 10.0 Å². The lowest BCUT2D eigenvalue weighted by atomic mass is 10.0. The zero-order valence-corrected chi connectivity index (χ0v) is 13.7. The molecule has 0 aromatic heterocycles. The number of carboxylic acids is 1. The van der Waals surface area contributed by atoms with Crippen molar-refractivity contribution in [3.8, 4) is 0 Å². The van der Waals surface area contributed by atoms with Crippen LogP contribution in [0.2, 0.25) is 0 Å². The number of hydrogen-bond acceptors (Lipinski definition) is 5. The molecule has 126 valence electrons. The minimum atomic E-state index is -3.88. The van der Waals surface area contributed by atoms with Gasteiger partial charge < -0.3 is 5.11 Å². The number of aliphatic carboxylic acids is 1. The van der Waals surface area contributed by atoms with E-state index in [1.54, 1.807) is 0 Å². The molecule has 8 nitrogen and oxygen atoms in total. The van der Waals surface area contributed by atoms with E-state index in [2.05, 4.69) is 0 Å². The van der Waals surface area contributed by atoms with E-state index in [-0.39, 0.29) is 34.8 Å². The van der Waals surface area contributed by atoms with Gasteiger partial charge in [-0.25, -0.2) is 8.42 Å². The number of benzene rings is 1. The maximum absolute atomic E-state index is 12.8. The first-order chi connectivity index (χ1) is 10.6. The highest BCUT2D eigenvalue weighted by Gasteiger charge is 2.34. The van der Waals surface area contributed by atoms with Gasteiger partial charge in [0.15, 0.2) is 0 Å². The molecular formula is C14H18N2O6S. The zero-order chi connectivity index (χ0) is 17.4. The average molecular weight is 342 g/mol. The molecule has 0 radical (unpaired) electrons. The first-order valence-electron chi connectivity index (χ1n) is 7.13. The van der Waals surface area contributed by atoms with Crippen LogP contribution in [0.15, 0.2) is 17.0 Å². The van der Waals surface area contributed by atoms with Crippen LogP contribution in [0, 0.1) is 29.9 Å². The fraction of sp³-hybridized carbons (Fsp3) is 0.500. The number of rotatable bonds is 4. The molecule has 1 fully saturated rings. The Bertz CT molecular complexity index is 759. The molecule has 0 saturated carbocycles. The lowest BCUT2D eigenvalue weighted by molar-refractivity contribution is -0.385. The van der Waals surface area contributed by atoms with E-state index in [0.29, 0.717) is 12.8 Å². The molecule has 0 aliphatic carbocycles. The molecule has 1 aliphatic rings. The van der Waals surface area contributed by atoms with Gasteiger partial charge in [0.1, 0.15) is 0 Å². The van der Waals surface area contributed by atoms with Crippen LogP contribution in [-0.4, -0.2) is 41.8 Å². The van der Waals surface area contributed by atoms with Crippen molar-refractivity contribution in [2.24, 2.45) is 5.92 Å². The van der Waals surface area contributed by atoms with E-state index in [0.717, 1.165) is 4.31 Å². The van der Waals surface area contributed by atoms with Crippen LogP contribution in [0.1, 0.15) is 24.0 Å². The summed E-state index contributed by atoms with van der Waals surface area (Å²) in [5, 5.41) is 20.0. The molecule has 1 heterocycles. The number of carboxylic acid groups (broad SMARTS) is 1. The minimum Gasteiger partial charge on any atom is -0.481 e. The number of nitrogens with zero attached hydrogens (tertiary/aromatic N) is 2. The standard InChI is InChI=1S/C14H18N2O6S/c1-9-7-13(10(2)6-12(9)16(19)20)23(21,22)15-5-3-4-11(8-15)14(17)18/h6-7,11H,3-5,8H2,1-2H3,(H,17,18). The molecule has 1 aromatic carbocycles. The Labute approximate surface area is 133 Å². The van der Waals surface area contributed by atoms with Crippen molar-refractivity contribution in [2.75, 3.05) is 13.1 Å². The van der Waals surface area contributed by atoms with Crippen molar-refractivity contribution in [2.45, 2.75) is 31.6 Å². The zero-order valence-electron chi connectivity index (χ0n) is 12.9. The molecule has 0 spiro atoms. The molecule has 1 aromatic rings. The summed E-state index contributed by atoms with van der Waals surface area (Å²) in [5.41, 5.74) is 0.397. The van der Waals surface area contributed by atoms with Gasteiger partial charge in [-0.1, -0.05) is 0 Å². The third-order valence-corrected chi connectivity index (χ3v) is 6.05. The van der Waals surface area contributed by atoms with Crippen molar-refractivity contribution in [3.05, 3.63) is 33.4 Å². The van der Waals surface area contributed by atoms with Crippen LogP contribution in [-0.2, 0) is 14.8 Å². The van der Waals surface area contributed by atoms with Crippen molar-refractivity contribution < 1.29 is 23.2 Å². The van der Waals surface area contributed by atoms with E-state index < -0.39 is 26.8 Å². The Balaban J connectivity index is 2.42. The van der Waals surface area contributed by atoms with Crippen molar-refractivity contribution in [3.63, 3.8) is 0 Å². The Morgan fingerprint density at radius 3 is 2.57 bits per heavy atom. The maximum Gasteiger partial charge on any atom is 0.307 e. The summed E-state index contributed by atoms with van der Waals surface area (Å²) in [6.45, 7) is 3.15. The lowest BCUT2D eigenvalue weighted by Crippen LogP contribution is -2.42. The van der Waals surface area contributed by atoms with Gasteiger partial charge >= 0.3 is 5.97 Å². The minimum absolute atomic E-state index is 0.00774. The highest BCUT2D eigenvalue weighted by Crippen LogP contribution is 2.30. The fourth-order valence-corrected chi connectivity index (χ4v) is 4.57. The van der Waals surface area contributed by atoms with Gasteiger partial charge in [-0.2, -0.15) is 4.31 Å². The summed E-state index contributed by atoms with van der Waals surface area (Å²) in [5.74, 6) is -1.74. The predicted octanol–water partition coefficient (Wildman–Crippen LogP) is 1.70. The van der Waals surface area contributed by atoms with E-state index in [4.69, 9.17) is 5.11 Å². The molecule has 0 bridgehead atoms. The molecule has 0 amide bonds. The first kappa shape index (κ1) is 17.4. The third-order valence-electron chi connectivity index (χ3n) is 4.04. The summed E-state index contributed by atoms with van der Waals surface area (Å²) < 4.78 is 26.7. The second-order valence-electron chi connectivity index (χ2n) is 5.70. The van der Waals surface area contributed by atoms with Crippen molar-refractivity contribution in [1.29, 1.82) is 0 Å².